The zero-order valence-electron chi connectivity index (χ0n) is 12.7. The first-order valence-corrected chi connectivity index (χ1v) is 7.89. The first kappa shape index (κ1) is 13.9. The number of pyridine rings is 2. The summed E-state index contributed by atoms with van der Waals surface area (Å²) in [6.07, 6.45) is 5.91. The molecule has 4 rings (SSSR count). The molecular weight excluding hydrogens is 286 g/mol. The molecule has 23 heavy (non-hydrogen) atoms. The summed E-state index contributed by atoms with van der Waals surface area (Å²) in [5.41, 5.74) is 3.27. The van der Waals surface area contributed by atoms with E-state index in [0.717, 1.165) is 28.7 Å². The van der Waals surface area contributed by atoms with Crippen LogP contribution in [0.5, 0.6) is 0 Å². The predicted octanol–water partition coefficient (Wildman–Crippen LogP) is 3.44. The van der Waals surface area contributed by atoms with Crippen molar-refractivity contribution >= 4 is 16.8 Å². The predicted molar refractivity (Wildman–Crippen MR) is 90.0 cm³/mol. The Labute approximate surface area is 134 Å². The van der Waals surface area contributed by atoms with E-state index in [-0.39, 0.29) is 5.91 Å². The summed E-state index contributed by atoms with van der Waals surface area (Å²) >= 11 is 0. The molecule has 2 aromatic heterocycles. The fourth-order valence-electron chi connectivity index (χ4n) is 2.69. The van der Waals surface area contributed by atoms with Crippen molar-refractivity contribution in [3.8, 4) is 11.3 Å². The average Bonchev–Trinajstić information content (AvgIpc) is 3.44. The van der Waals surface area contributed by atoms with Crippen molar-refractivity contribution in [2.24, 2.45) is 5.92 Å². The van der Waals surface area contributed by atoms with E-state index in [2.05, 4.69) is 15.3 Å². The van der Waals surface area contributed by atoms with Crippen LogP contribution in [0.15, 0.2) is 54.9 Å². The molecule has 1 aliphatic rings. The van der Waals surface area contributed by atoms with E-state index in [1.165, 1.54) is 12.8 Å². The lowest BCUT2D eigenvalue weighted by Gasteiger charge is -2.10. The normalized spacial score (nSPS) is 13.9. The van der Waals surface area contributed by atoms with Gasteiger partial charge in [0.05, 0.1) is 16.8 Å². The third kappa shape index (κ3) is 2.93. The monoisotopic (exact) mass is 303 g/mol. The highest BCUT2D eigenvalue weighted by Crippen LogP contribution is 2.28. The molecule has 0 unspecified atom stereocenters. The molecule has 114 valence electrons. The van der Waals surface area contributed by atoms with Gasteiger partial charge in [-0.1, -0.05) is 18.2 Å². The summed E-state index contributed by atoms with van der Waals surface area (Å²) < 4.78 is 0. The summed E-state index contributed by atoms with van der Waals surface area (Å²) in [6.45, 7) is 0.764. The lowest BCUT2D eigenvalue weighted by molar-refractivity contribution is 0.0953. The fourth-order valence-corrected chi connectivity index (χ4v) is 2.69. The maximum Gasteiger partial charge on any atom is 0.252 e. The minimum absolute atomic E-state index is 0.0224. The fraction of sp³-hybridized carbons (Fsp3) is 0.211. The standard InChI is InChI=1S/C19H17N3O/c23-19(21-12-13-5-6-13)16-11-18(14-7-9-20-10-8-14)22-17-4-2-1-3-15(16)17/h1-4,7-11,13H,5-6,12H2,(H,21,23). The van der Waals surface area contributed by atoms with Crippen LogP contribution in [0.4, 0.5) is 0 Å². The summed E-state index contributed by atoms with van der Waals surface area (Å²) in [5.74, 6) is 0.637. The number of carbonyl (C=O) groups is 1. The van der Waals surface area contributed by atoms with Crippen LogP contribution >= 0.6 is 0 Å². The maximum atomic E-state index is 12.6. The number of nitrogens with zero attached hydrogens (tertiary/aromatic N) is 2. The second kappa shape index (κ2) is 5.80. The number of aromatic nitrogens is 2. The quantitative estimate of drug-likeness (QED) is 0.803. The Morgan fingerprint density at radius 3 is 2.70 bits per heavy atom. The highest BCUT2D eigenvalue weighted by atomic mass is 16.1. The summed E-state index contributed by atoms with van der Waals surface area (Å²) in [7, 11) is 0. The van der Waals surface area contributed by atoms with Gasteiger partial charge in [0.2, 0.25) is 0 Å². The molecule has 1 amide bonds. The topological polar surface area (TPSA) is 54.9 Å². The zero-order chi connectivity index (χ0) is 15.6. The smallest absolute Gasteiger partial charge is 0.252 e. The highest BCUT2D eigenvalue weighted by Gasteiger charge is 2.22. The second-order valence-electron chi connectivity index (χ2n) is 5.96. The van der Waals surface area contributed by atoms with E-state index in [1.807, 2.05) is 42.5 Å². The number of rotatable bonds is 4. The van der Waals surface area contributed by atoms with Gasteiger partial charge >= 0.3 is 0 Å². The Kier molecular flexibility index (Phi) is 3.50. The molecule has 0 radical (unpaired) electrons. The Morgan fingerprint density at radius 2 is 1.91 bits per heavy atom. The molecule has 1 saturated carbocycles. The molecule has 0 aliphatic heterocycles. The van der Waals surface area contributed by atoms with Gasteiger partial charge in [0.1, 0.15) is 0 Å². The molecule has 0 spiro atoms. The lowest BCUT2D eigenvalue weighted by Crippen LogP contribution is -2.25. The van der Waals surface area contributed by atoms with E-state index in [1.54, 1.807) is 12.4 Å². The summed E-state index contributed by atoms with van der Waals surface area (Å²) in [6, 6.07) is 13.5. The number of hydrogen-bond donors (Lipinski definition) is 1. The van der Waals surface area contributed by atoms with E-state index in [0.29, 0.717) is 11.5 Å². The van der Waals surface area contributed by atoms with Crippen molar-refractivity contribution in [1.82, 2.24) is 15.3 Å². The SMILES string of the molecule is O=C(NCC1CC1)c1cc(-c2ccncc2)nc2ccccc12. The number of carbonyl (C=O) groups excluding carboxylic acids is 1. The molecule has 0 saturated heterocycles. The van der Waals surface area contributed by atoms with Gasteiger partial charge < -0.3 is 5.32 Å². The van der Waals surface area contributed by atoms with Gasteiger partial charge in [0.25, 0.3) is 5.91 Å². The van der Waals surface area contributed by atoms with Crippen molar-refractivity contribution in [2.75, 3.05) is 6.54 Å². The Balaban J connectivity index is 1.78. The van der Waals surface area contributed by atoms with Gasteiger partial charge in [0.15, 0.2) is 0 Å². The van der Waals surface area contributed by atoms with Crippen molar-refractivity contribution in [1.29, 1.82) is 0 Å². The minimum atomic E-state index is -0.0224. The van der Waals surface area contributed by atoms with Gasteiger partial charge in [-0.05, 0) is 43.0 Å². The Hall–Kier alpha value is -2.75. The van der Waals surface area contributed by atoms with Crippen molar-refractivity contribution in [3.05, 3.63) is 60.4 Å². The van der Waals surface area contributed by atoms with Gasteiger partial charge in [-0.3, -0.25) is 9.78 Å². The number of amides is 1. The Morgan fingerprint density at radius 1 is 1.13 bits per heavy atom. The second-order valence-corrected chi connectivity index (χ2v) is 5.96. The van der Waals surface area contributed by atoms with Gasteiger partial charge in [0, 0.05) is 29.9 Å². The van der Waals surface area contributed by atoms with Gasteiger partial charge in [-0.2, -0.15) is 0 Å². The molecule has 2 heterocycles. The molecule has 4 nitrogen and oxygen atoms in total. The van der Waals surface area contributed by atoms with Crippen LogP contribution in [0, 0.1) is 5.92 Å². The molecule has 1 N–H and O–H groups in total. The molecular formula is C19H17N3O. The minimum Gasteiger partial charge on any atom is -0.352 e. The maximum absolute atomic E-state index is 12.6. The first-order chi connectivity index (χ1) is 11.3. The van der Waals surface area contributed by atoms with E-state index >= 15 is 0 Å². The molecule has 0 atom stereocenters. The van der Waals surface area contributed by atoms with Crippen LogP contribution in [-0.4, -0.2) is 22.4 Å². The number of nitrogens with one attached hydrogen (secondary N) is 1. The van der Waals surface area contributed by atoms with Crippen LogP contribution in [0.25, 0.3) is 22.2 Å². The molecule has 0 bridgehead atoms. The van der Waals surface area contributed by atoms with Crippen LogP contribution in [-0.2, 0) is 0 Å². The van der Waals surface area contributed by atoms with Crippen LogP contribution in [0.2, 0.25) is 0 Å². The first-order valence-electron chi connectivity index (χ1n) is 7.89. The summed E-state index contributed by atoms with van der Waals surface area (Å²) in [4.78, 5) is 21.4. The molecule has 1 fully saturated rings. The third-order valence-electron chi connectivity index (χ3n) is 4.19. The van der Waals surface area contributed by atoms with Gasteiger partial charge in [-0.15, -0.1) is 0 Å². The zero-order valence-corrected chi connectivity index (χ0v) is 12.7. The number of para-hydroxylation sites is 1. The van der Waals surface area contributed by atoms with E-state index < -0.39 is 0 Å². The van der Waals surface area contributed by atoms with Crippen molar-refractivity contribution < 1.29 is 4.79 Å². The van der Waals surface area contributed by atoms with E-state index in [4.69, 9.17) is 0 Å². The molecule has 3 aromatic rings. The summed E-state index contributed by atoms with van der Waals surface area (Å²) in [5, 5.41) is 3.94. The average molecular weight is 303 g/mol. The van der Waals surface area contributed by atoms with Crippen molar-refractivity contribution in [2.45, 2.75) is 12.8 Å². The molecule has 1 aliphatic carbocycles. The largest absolute Gasteiger partial charge is 0.352 e. The lowest BCUT2D eigenvalue weighted by atomic mass is 10.0. The highest BCUT2D eigenvalue weighted by molar-refractivity contribution is 6.07. The van der Waals surface area contributed by atoms with Crippen LogP contribution in [0.3, 0.4) is 0 Å². The number of hydrogen-bond acceptors (Lipinski definition) is 3. The number of benzene rings is 1. The molecule has 4 heteroatoms. The van der Waals surface area contributed by atoms with Gasteiger partial charge in [-0.25, -0.2) is 4.98 Å². The molecule has 1 aromatic carbocycles. The van der Waals surface area contributed by atoms with Crippen LogP contribution < -0.4 is 5.32 Å². The van der Waals surface area contributed by atoms with E-state index in [9.17, 15) is 4.79 Å². The van der Waals surface area contributed by atoms with Crippen molar-refractivity contribution in [3.63, 3.8) is 0 Å². The Bertz CT molecular complexity index is 857. The number of fused-ring (bicyclic) bond motifs is 1. The van der Waals surface area contributed by atoms with Crippen LogP contribution in [0.1, 0.15) is 23.2 Å². The third-order valence-corrected chi connectivity index (χ3v) is 4.19.